The van der Waals surface area contributed by atoms with Crippen LogP contribution < -0.4 is 5.73 Å². The van der Waals surface area contributed by atoms with E-state index < -0.39 is 0 Å². The van der Waals surface area contributed by atoms with E-state index in [1.807, 2.05) is 0 Å². The van der Waals surface area contributed by atoms with E-state index in [0.717, 1.165) is 0 Å². The van der Waals surface area contributed by atoms with Crippen LogP contribution in [0.25, 0.3) is 0 Å². The number of hydrogen-bond donors (Lipinski definition) is 1. The van der Waals surface area contributed by atoms with E-state index in [9.17, 15) is 0 Å². The molecule has 1 heteroatoms. The van der Waals surface area contributed by atoms with Gasteiger partial charge in [0.25, 0.3) is 0 Å². The molecule has 0 rings (SSSR count). The van der Waals surface area contributed by atoms with Crippen LogP contribution in [0.1, 0.15) is 39.5 Å². The number of rotatable bonds is 4. The minimum absolute atomic E-state index is 0.654. The summed E-state index contributed by atoms with van der Waals surface area (Å²) in [5.41, 5.74) is 3.91. The zero-order valence-electron chi connectivity index (χ0n) is 6.11. The van der Waals surface area contributed by atoms with Gasteiger partial charge in [0.05, 0.1) is 6.04 Å². The quantitative estimate of drug-likeness (QED) is 0.534. The Labute approximate surface area is 52.3 Å². The van der Waals surface area contributed by atoms with E-state index in [4.69, 9.17) is 0 Å². The van der Waals surface area contributed by atoms with Gasteiger partial charge in [0.15, 0.2) is 0 Å². The van der Waals surface area contributed by atoms with Gasteiger partial charge in [-0.15, -0.1) is 0 Å². The molecule has 0 aromatic carbocycles. The monoisotopic (exact) mass is 116 g/mol. The molecule has 0 aromatic rings. The molecule has 0 spiro atoms. The van der Waals surface area contributed by atoms with Crippen LogP contribution in [0.5, 0.6) is 0 Å². The molecule has 8 heavy (non-hydrogen) atoms. The van der Waals surface area contributed by atoms with E-state index >= 15 is 0 Å². The molecule has 0 saturated heterocycles. The summed E-state index contributed by atoms with van der Waals surface area (Å²) in [5, 5.41) is 0. The first-order valence-electron chi connectivity index (χ1n) is 3.60. The fraction of sp³-hybridized carbons (Fsp3) is 1.00. The molecule has 0 aromatic heterocycles. The standard InChI is InChI=1S/C7H17N/c1-3-4-5-6-7(2)8/h7H,3-6,8H2,1-2H3/p+1/t7-/m0/s1. The summed E-state index contributed by atoms with van der Waals surface area (Å²) in [6.45, 7) is 4.41. The summed E-state index contributed by atoms with van der Waals surface area (Å²) >= 11 is 0. The molecule has 0 aliphatic heterocycles. The minimum atomic E-state index is 0.654. The first-order chi connectivity index (χ1) is 3.77. The van der Waals surface area contributed by atoms with Crippen LogP contribution in [0.3, 0.4) is 0 Å². The third-order valence-corrected chi connectivity index (χ3v) is 1.30. The Morgan fingerprint density at radius 2 is 2.00 bits per heavy atom. The molecular weight excluding hydrogens is 98.1 g/mol. The lowest BCUT2D eigenvalue weighted by molar-refractivity contribution is -0.415. The van der Waals surface area contributed by atoms with Gasteiger partial charge in [0.1, 0.15) is 0 Å². The van der Waals surface area contributed by atoms with Crippen molar-refractivity contribution < 1.29 is 5.73 Å². The number of hydrogen-bond acceptors (Lipinski definition) is 0. The molecule has 0 saturated carbocycles. The summed E-state index contributed by atoms with van der Waals surface area (Å²) in [5.74, 6) is 0. The summed E-state index contributed by atoms with van der Waals surface area (Å²) in [6.07, 6.45) is 5.36. The second kappa shape index (κ2) is 5.10. The van der Waals surface area contributed by atoms with Crippen molar-refractivity contribution in [2.24, 2.45) is 0 Å². The fourth-order valence-corrected chi connectivity index (χ4v) is 0.743. The normalized spacial score (nSPS) is 13.9. The number of quaternary nitrogens is 1. The second-order valence-electron chi connectivity index (χ2n) is 2.60. The van der Waals surface area contributed by atoms with Gasteiger partial charge in [-0.3, -0.25) is 0 Å². The smallest absolute Gasteiger partial charge is 0.0815 e. The molecule has 50 valence electrons. The maximum Gasteiger partial charge on any atom is 0.0815 e. The predicted molar refractivity (Wildman–Crippen MR) is 36.5 cm³/mol. The Kier molecular flexibility index (Phi) is 5.08. The highest BCUT2D eigenvalue weighted by atomic mass is 14.6. The van der Waals surface area contributed by atoms with Crippen LogP contribution in [0, 0.1) is 0 Å². The predicted octanol–water partition coefficient (Wildman–Crippen LogP) is 1.20. The Morgan fingerprint density at radius 3 is 2.38 bits per heavy atom. The van der Waals surface area contributed by atoms with Gasteiger partial charge in [0.2, 0.25) is 0 Å². The Morgan fingerprint density at radius 1 is 1.38 bits per heavy atom. The maximum absolute atomic E-state index is 3.91. The molecule has 0 unspecified atom stereocenters. The molecule has 3 N–H and O–H groups in total. The fourth-order valence-electron chi connectivity index (χ4n) is 0.743. The first kappa shape index (κ1) is 7.96. The van der Waals surface area contributed by atoms with E-state index in [1.165, 1.54) is 25.7 Å². The molecule has 0 amide bonds. The van der Waals surface area contributed by atoms with Crippen LogP contribution in [-0.2, 0) is 0 Å². The molecule has 0 bridgehead atoms. The van der Waals surface area contributed by atoms with Gasteiger partial charge < -0.3 is 5.73 Å². The molecular formula is C7H18N+. The van der Waals surface area contributed by atoms with Gasteiger partial charge in [0, 0.05) is 0 Å². The van der Waals surface area contributed by atoms with E-state index in [2.05, 4.69) is 19.6 Å². The van der Waals surface area contributed by atoms with Crippen molar-refractivity contribution in [1.82, 2.24) is 0 Å². The summed E-state index contributed by atoms with van der Waals surface area (Å²) in [7, 11) is 0. The van der Waals surface area contributed by atoms with Crippen molar-refractivity contribution >= 4 is 0 Å². The maximum atomic E-state index is 3.91. The highest BCUT2D eigenvalue weighted by molar-refractivity contribution is 4.44. The molecule has 1 nitrogen and oxygen atoms in total. The Balaban J connectivity index is 2.72. The Hall–Kier alpha value is -0.0400. The van der Waals surface area contributed by atoms with Crippen LogP contribution in [-0.4, -0.2) is 6.04 Å². The highest BCUT2D eigenvalue weighted by Gasteiger charge is 1.94. The van der Waals surface area contributed by atoms with Crippen molar-refractivity contribution in [2.75, 3.05) is 0 Å². The van der Waals surface area contributed by atoms with Crippen molar-refractivity contribution in [2.45, 2.75) is 45.6 Å². The molecule has 0 aliphatic carbocycles. The van der Waals surface area contributed by atoms with Crippen molar-refractivity contribution in [1.29, 1.82) is 0 Å². The van der Waals surface area contributed by atoms with Crippen molar-refractivity contribution in [3.05, 3.63) is 0 Å². The summed E-state index contributed by atoms with van der Waals surface area (Å²) < 4.78 is 0. The summed E-state index contributed by atoms with van der Waals surface area (Å²) in [4.78, 5) is 0. The first-order valence-corrected chi connectivity index (χ1v) is 3.60. The molecule has 0 fully saturated rings. The van der Waals surface area contributed by atoms with E-state index in [0.29, 0.717) is 6.04 Å². The van der Waals surface area contributed by atoms with Crippen LogP contribution in [0.15, 0.2) is 0 Å². The Bertz CT molecular complexity index is 41.7. The second-order valence-corrected chi connectivity index (χ2v) is 2.60. The van der Waals surface area contributed by atoms with Gasteiger partial charge in [-0.1, -0.05) is 19.8 Å². The van der Waals surface area contributed by atoms with Gasteiger partial charge in [-0.2, -0.15) is 0 Å². The van der Waals surface area contributed by atoms with Crippen LogP contribution in [0.4, 0.5) is 0 Å². The van der Waals surface area contributed by atoms with Gasteiger partial charge in [-0.25, -0.2) is 0 Å². The average Bonchev–Trinajstić information content (AvgIpc) is 1.66. The zero-order chi connectivity index (χ0) is 6.41. The third-order valence-electron chi connectivity index (χ3n) is 1.30. The van der Waals surface area contributed by atoms with Crippen molar-refractivity contribution in [3.8, 4) is 0 Å². The number of unbranched alkanes of at least 4 members (excludes halogenated alkanes) is 2. The molecule has 0 heterocycles. The van der Waals surface area contributed by atoms with Gasteiger partial charge >= 0.3 is 0 Å². The van der Waals surface area contributed by atoms with Gasteiger partial charge in [-0.05, 0) is 19.8 Å². The lowest BCUT2D eigenvalue weighted by atomic mass is 10.1. The highest BCUT2D eigenvalue weighted by Crippen LogP contribution is 1.98. The third kappa shape index (κ3) is 5.96. The zero-order valence-corrected chi connectivity index (χ0v) is 6.11. The minimum Gasteiger partial charge on any atom is -0.355 e. The van der Waals surface area contributed by atoms with Crippen molar-refractivity contribution in [3.63, 3.8) is 0 Å². The molecule has 0 aliphatic rings. The van der Waals surface area contributed by atoms with Crippen LogP contribution in [0.2, 0.25) is 0 Å². The lowest BCUT2D eigenvalue weighted by Crippen LogP contribution is -2.58. The average molecular weight is 116 g/mol. The van der Waals surface area contributed by atoms with Crippen LogP contribution >= 0.6 is 0 Å². The van der Waals surface area contributed by atoms with E-state index in [1.54, 1.807) is 0 Å². The summed E-state index contributed by atoms with van der Waals surface area (Å²) in [6, 6.07) is 0.654. The molecule has 0 radical (unpaired) electrons. The largest absolute Gasteiger partial charge is 0.355 e. The lowest BCUT2D eigenvalue weighted by Gasteiger charge is -1.98. The topological polar surface area (TPSA) is 27.6 Å². The molecule has 1 atom stereocenters. The SMILES string of the molecule is CCCCC[C@H](C)[NH3+]. The van der Waals surface area contributed by atoms with E-state index in [-0.39, 0.29) is 0 Å².